The second kappa shape index (κ2) is 3.02. The molecule has 0 aliphatic rings. The normalized spacial score (nSPS) is 9.57. The summed E-state index contributed by atoms with van der Waals surface area (Å²) in [5.41, 5.74) is 0.565. The number of hydrogen-bond acceptors (Lipinski definition) is 4. The highest BCUT2D eigenvalue weighted by Crippen LogP contribution is 2.33. The predicted octanol–water partition coefficient (Wildman–Crippen LogP) is 2.35. The summed E-state index contributed by atoms with van der Waals surface area (Å²) in [6.07, 6.45) is 0. The third kappa shape index (κ3) is 1.02. The van der Waals surface area contributed by atoms with Crippen LogP contribution in [0.3, 0.4) is 0 Å². The minimum atomic E-state index is 0.0526. The van der Waals surface area contributed by atoms with Gasteiger partial charge in [-0.2, -0.15) is 10.5 Å². The summed E-state index contributed by atoms with van der Waals surface area (Å²) in [7, 11) is 0. The largest absolute Gasteiger partial charge is 0.507 e. The zero-order valence-electron chi connectivity index (χ0n) is 6.98. The average molecular weight is 200 g/mol. The Morgan fingerprint density at radius 1 is 1.29 bits per heavy atom. The molecule has 4 heteroatoms. The van der Waals surface area contributed by atoms with E-state index in [1.54, 1.807) is 11.4 Å². The number of nitriles is 2. The van der Waals surface area contributed by atoms with Gasteiger partial charge in [0.1, 0.15) is 17.9 Å². The van der Waals surface area contributed by atoms with Gasteiger partial charge in [-0.05, 0) is 17.5 Å². The van der Waals surface area contributed by atoms with Crippen LogP contribution in [0, 0.1) is 22.7 Å². The second-order valence-electron chi connectivity index (χ2n) is 2.71. The maximum atomic E-state index is 9.54. The third-order valence-corrected chi connectivity index (χ3v) is 2.88. The van der Waals surface area contributed by atoms with Crippen molar-refractivity contribution in [3.63, 3.8) is 0 Å². The average Bonchev–Trinajstić information content (AvgIpc) is 2.66. The van der Waals surface area contributed by atoms with Gasteiger partial charge in [-0.25, -0.2) is 0 Å². The fourth-order valence-electron chi connectivity index (χ4n) is 1.31. The molecule has 1 heterocycles. The van der Waals surface area contributed by atoms with Crippen molar-refractivity contribution < 1.29 is 5.11 Å². The molecule has 0 bridgehead atoms. The van der Waals surface area contributed by atoms with Gasteiger partial charge in [0.05, 0.1) is 15.8 Å². The predicted molar refractivity (Wildman–Crippen MR) is 52.9 cm³/mol. The van der Waals surface area contributed by atoms with Gasteiger partial charge in [-0.15, -0.1) is 11.3 Å². The molecule has 0 amide bonds. The highest BCUT2D eigenvalue weighted by atomic mass is 32.1. The van der Waals surface area contributed by atoms with E-state index in [2.05, 4.69) is 0 Å². The van der Waals surface area contributed by atoms with Crippen molar-refractivity contribution in [1.29, 1.82) is 10.5 Å². The summed E-state index contributed by atoms with van der Waals surface area (Å²) in [5, 5.41) is 29.6. The number of benzene rings is 1. The molecule has 0 saturated carbocycles. The number of phenolic OH excluding ortho intramolecular Hbond substituents is 1. The van der Waals surface area contributed by atoms with E-state index in [9.17, 15) is 5.11 Å². The van der Waals surface area contributed by atoms with Crippen LogP contribution < -0.4 is 0 Å². The topological polar surface area (TPSA) is 67.8 Å². The van der Waals surface area contributed by atoms with Crippen molar-refractivity contribution in [3.05, 3.63) is 28.6 Å². The Labute approximate surface area is 84.1 Å². The van der Waals surface area contributed by atoms with Crippen molar-refractivity contribution in [2.45, 2.75) is 0 Å². The fraction of sp³-hybridized carbons (Fsp3) is 0. The van der Waals surface area contributed by atoms with Gasteiger partial charge in [0, 0.05) is 5.39 Å². The first-order valence-electron chi connectivity index (χ1n) is 3.81. The maximum absolute atomic E-state index is 9.54. The van der Waals surface area contributed by atoms with Crippen LogP contribution in [0.15, 0.2) is 17.5 Å². The third-order valence-electron chi connectivity index (χ3n) is 1.95. The Morgan fingerprint density at radius 3 is 2.71 bits per heavy atom. The molecule has 0 spiro atoms. The summed E-state index contributed by atoms with van der Waals surface area (Å²) in [6, 6.07) is 6.93. The molecule has 2 rings (SSSR count). The monoisotopic (exact) mass is 200 g/mol. The highest BCUT2D eigenvalue weighted by molar-refractivity contribution is 7.17. The molecule has 14 heavy (non-hydrogen) atoms. The maximum Gasteiger partial charge on any atom is 0.125 e. The van der Waals surface area contributed by atoms with E-state index in [1.165, 1.54) is 17.4 Å². The van der Waals surface area contributed by atoms with E-state index in [0.717, 1.165) is 0 Å². The number of phenols is 1. The number of nitrogens with zero attached hydrogens (tertiary/aromatic N) is 2. The van der Waals surface area contributed by atoms with Crippen LogP contribution in [0.5, 0.6) is 5.75 Å². The SMILES string of the molecule is N#Cc1cc(O)c2ccsc2c1C#N. The van der Waals surface area contributed by atoms with E-state index in [1.807, 2.05) is 12.1 Å². The van der Waals surface area contributed by atoms with Crippen LogP contribution in [0.2, 0.25) is 0 Å². The van der Waals surface area contributed by atoms with Crippen LogP contribution in [0.1, 0.15) is 11.1 Å². The highest BCUT2D eigenvalue weighted by Gasteiger charge is 2.11. The van der Waals surface area contributed by atoms with Crippen LogP contribution >= 0.6 is 11.3 Å². The first-order valence-corrected chi connectivity index (χ1v) is 4.69. The lowest BCUT2D eigenvalue weighted by molar-refractivity contribution is 0.481. The lowest BCUT2D eigenvalue weighted by Crippen LogP contribution is -1.83. The van der Waals surface area contributed by atoms with Crippen molar-refractivity contribution >= 4 is 21.4 Å². The van der Waals surface area contributed by atoms with Crippen LogP contribution in [0.4, 0.5) is 0 Å². The number of thiophene rings is 1. The molecule has 1 aromatic carbocycles. The molecule has 0 radical (unpaired) electrons. The first-order chi connectivity index (χ1) is 6.77. The summed E-state index contributed by atoms with van der Waals surface area (Å²) >= 11 is 1.35. The van der Waals surface area contributed by atoms with Gasteiger partial charge in [0.2, 0.25) is 0 Å². The summed E-state index contributed by atoms with van der Waals surface area (Å²) < 4.78 is 0.670. The number of fused-ring (bicyclic) bond motifs is 1. The van der Waals surface area contributed by atoms with E-state index in [4.69, 9.17) is 10.5 Å². The molecule has 0 aliphatic heterocycles. The Morgan fingerprint density at radius 2 is 2.07 bits per heavy atom. The standard InChI is InChI=1S/C10H4N2OS/c11-4-6-3-9(13)7-1-2-14-10(7)8(6)5-12/h1-3,13H. The van der Waals surface area contributed by atoms with Crippen molar-refractivity contribution in [3.8, 4) is 17.9 Å². The Bertz CT molecular complexity index is 586. The van der Waals surface area contributed by atoms with Gasteiger partial charge in [-0.1, -0.05) is 0 Å². The Balaban J connectivity index is 3.00. The van der Waals surface area contributed by atoms with E-state index in [0.29, 0.717) is 15.6 Å². The number of rotatable bonds is 0. The number of hydrogen-bond donors (Lipinski definition) is 1. The molecule has 66 valence electrons. The summed E-state index contributed by atoms with van der Waals surface area (Å²) in [6.45, 7) is 0. The fourth-order valence-corrected chi connectivity index (χ4v) is 2.23. The molecule has 1 aromatic heterocycles. The molecule has 1 N–H and O–H groups in total. The molecule has 0 unspecified atom stereocenters. The lowest BCUT2D eigenvalue weighted by atomic mass is 10.1. The molecular weight excluding hydrogens is 196 g/mol. The van der Waals surface area contributed by atoms with Crippen molar-refractivity contribution in [2.24, 2.45) is 0 Å². The van der Waals surface area contributed by atoms with E-state index < -0.39 is 0 Å². The van der Waals surface area contributed by atoms with Gasteiger partial charge in [0.25, 0.3) is 0 Å². The lowest BCUT2D eigenvalue weighted by Gasteiger charge is -1.99. The molecule has 3 nitrogen and oxygen atoms in total. The van der Waals surface area contributed by atoms with E-state index in [-0.39, 0.29) is 11.3 Å². The van der Waals surface area contributed by atoms with E-state index >= 15 is 0 Å². The van der Waals surface area contributed by atoms with Gasteiger partial charge < -0.3 is 5.11 Å². The molecular formula is C10H4N2OS. The molecule has 0 aliphatic carbocycles. The quantitative estimate of drug-likeness (QED) is 0.709. The minimum Gasteiger partial charge on any atom is -0.507 e. The molecule has 0 saturated heterocycles. The van der Waals surface area contributed by atoms with Gasteiger partial charge in [-0.3, -0.25) is 0 Å². The Kier molecular flexibility index (Phi) is 1.85. The second-order valence-corrected chi connectivity index (χ2v) is 3.62. The van der Waals surface area contributed by atoms with Gasteiger partial charge >= 0.3 is 0 Å². The summed E-state index contributed by atoms with van der Waals surface area (Å²) in [5.74, 6) is 0.0526. The van der Waals surface area contributed by atoms with Crippen molar-refractivity contribution in [1.82, 2.24) is 0 Å². The van der Waals surface area contributed by atoms with Crippen LogP contribution in [-0.2, 0) is 0 Å². The summed E-state index contributed by atoms with van der Waals surface area (Å²) in [4.78, 5) is 0. The van der Waals surface area contributed by atoms with Crippen molar-refractivity contribution in [2.75, 3.05) is 0 Å². The molecule has 0 atom stereocenters. The molecule has 2 aromatic rings. The zero-order chi connectivity index (χ0) is 10.1. The Hall–Kier alpha value is -2.04. The van der Waals surface area contributed by atoms with Gasteiger partial charge in [0.15, 0.2) is 0 Å². The zero-order valence-corrected chi connectivity index (χ0v) is 7.80. The van der Waals surface area contributed by atoms with Crippen LogP contribution in [-0.4, -0.2) is 5.11 Å². The van der Waals surface area contributed by atoms with Crippen LogP contribution in [0.25, 0.3) is 10.1 Å². The smallest absolute Gasteiger partial charge is 0.125 e. The molecule has 0 fully saturated rings. The first kappa shape index (κ1) is 8.55. The number of aromatic hydroxyl groups is 1. The minimum absolute atomic E-state index is 0.0526.